The van der Waals surface area contributed by atoms with Gasteiger partial charge in [-0.15, -0.1) is 11.8 Å². The lowest BCUT2D eigenvalue weighted by molar-refractivity contribution is -0.149. The number of thioether (sulfide) groups is 1. The van der Waals surface area contributed by atoms with Crippen molar-refractivity contribution >= 4 is 146 Å². The van der Waals surface area contributed by atoms with Crippen LogP contribution in [-0.4, -0.2) is 338 Å². The van der Waals surface area contributed by atoms with E-state index in [1.807, 2.05) is 0 Å². The lowest BCUT2D eigenvalue weighted by Crippen LogP contribution is -2.62. The number of hydrogen-bond acceptors (Lipinski definition) is 25. The number of nitrogens with zero attached hydrogens (tertiary/aromatic N) is 7. The number of amides is 17. The number of aromatic amines is 2. The summed E-state index contributed by atoms with van der Waals surface area (Å²) in [6, 6.07) is -4.86. The molecule has 0 bridgehead atoms. The lowest BCUT2D eigenvalue weighted by atomic mass is 10.00. The first-order valence-electron chi connectivity index (χ1n) is 44.6. The number of aliphatic hydroxyl groups excluding tert-OH is 2. The number of unbranched alkanes of at least 4 members (excludes halogenated alkanes) is 2. The van der Waals surface area contributed by atoms with Gasteiger partial charge in [0.2, 0.25) is 100 Å². The summed E-state index contributed by atoms with van der Waals surface area (Å²) < 4.78 is 1.39. The van der Waals surface area contributed by atoms with Crippen molar-refractivity contribution in [3.8, 4) is 5.75 Å². The summed E-state index contributed by atoms with van der Waals surface area (Å²) in [4.78, 5) is 289. The first-order valence-corrected chi connectivity index (χ1v) is 45.8. The molecular formula is C89H120N22O24S. The average Bonchev–Trinajstić information content (AvgIpc) is 1.65. The molecule has 3 aliphatic heterocycles. The predicted octanol–water partition coefficient (Wildman–Crippen LogP) is -4.86. The molecule has 9 rings (SSSR count). The van der Waals surface area contributed by atoms with Crippen LogP contribution in [0.4, 0.5) is 0 Å². The van der Waals surface area contributed by atoms with E-state index in [-0.39, 0.29) is 68.5 Å². The van der Waals surface area contributed by atoms with E-state index in [4.69, 9.17) is 17.2 Å². The van der Waals surface area contributed by atoms with Crippen LogP contribution in [0.2, 0.25) is 0 Å². The fourth-order valence-electron chi connectivity index (χ4n) is 16.5. The number of carbonyl (C=O) groups is 19. The number of phenols is 1. The molecule has 15 atom stereocenters. The number of phenolic OH excluding ortho intramolecular Hbond substituents is 1. The Labute approximate surface area is 785 Å². The second kappa shape index (κ2) is 49.8. The standard InChI is InChI=1S/C89H120N22O24S/c1-7-9-19-67-82(128)103-63(36-90)80(126)105-65(77(123)95-39-72(92)116)44-136-45-73(117)97-60(30-48-23-25-52(113)26-24-48)85(131)106(4)47(3)76(122)101-62(35-74(118)119)88(134)110-29-15-22-68(110)83(129)100-59(33-51-38-93-46-96-51)79(125)98-57(27-28-71(91)115)87(133)111-41-53(114)34-70(111)84(130)99-58(31-49-37-94-56-18-13-11-16-54(49)56)78(124)104-64(43-112)81(127)102-61(86(132)108(6)69(20-10-8-2)89(135)107(67)5)32-50-40-109(42-75(120)121)66-21-14-12-17-55(50)66/h11-14,16-18,21,23-26,37-38,40,46-47,53,57-65,67-70,94,112-114H,7-10,15,19-20,22,27-36,39,41-45,90H2,1-6H3,(H2,91,115)(H2,92,116)(H,93,96)(H,95,123)(H,97,117)(H,98,125)(H,99,130)(H,100,129)(H,101,122)(H,102,127)(H,103,128)(H,104,124)(H,105,126)(H,118,119)(H,120,121)/t47-,53+,57-,58-,59-,60-,61-,62+,63-,64-,65-,67-,68-,69-,70-/m0/s1. The number of para-hydroxylation sites is 2. The monoisotopic (exact) mass is 1910 g/mol. The number of likely N-dealkylation sites (N-methyl/N-ethyl adjacent to an activating group) is 3. The van der Waals surface area contributed by atoms with Gasteiger partial charge in [0, 0.05) is 125 Å². The normalized spacial score (nSPS) is 24.6. The van der Waals surface area contributed by atoms with E-state index in [0.29, 0.717) is 45.8 Å². The van der Waals surface area contributed by atoms with Gasteiger partial charge < -0.3 is 135 Å². The van der Waals surface area contributed by atoms with E-state index in [2.05, 4.69) is 68.1 Å². The lowest BCUT2D eigenvalue weighted by Gasteiger charge is -2.36. The molecular weight excluding hydrogens is 1790 g/mol. The predicted molar refractivity (Wildman–Crippen MR) is 488 cm³/mol. The Morgan fingerprint density at radius 2 is 1.13 bits per heavy atom. The van der Waals surface area contributed by atoms with Gasteiger partial charge in [-0.25, -0.2) is 4.98 Å². The number of nitrogens with one attached hydrogen (secondary N) is 12. The van der Waals surface area contributed by atoms with E-state index in [9.17, 15) is 83.1 Å². The molecule has 17 amide bonds. The van der Waals surface area contributed by atoms with E-state index in [0.717, 1.165) is 43.3 Å². The quantitative estimate of drug-likeness (QED) is 0.0242. The first-order chi connectivity index (χ1) is 64.7. The number of carboxylic acids is 2. The van der Waals surface area contributed by atoms with Crippen LogP contribution >= 0.6 is 11.8 Å². The number of aliphatic carboxylic acids is 2. The number of rotatable bonds is 26. The third-order valence-corrected chi connectivity index (χ3v) is 25.0. The number of primary amides is 2. The zero-order chi connectivity index (χ0) is 99.5. The van der Waals surface area contributed by atoms with Crippen molar-refractivity contribution in [1.29, 1.82) is 0 Å². The number of aromatic nitrogens is 4. The molecule has 0 spiro atoms. The largest absolute Gasteiger partial charge is 0.508 e. The number of carbonyl (C=O) groups excluding carboxylic acids is 17. The van der Waals surface area contributed by atoms with Crippen molar-refractivity contribution in [2.24, 2.45) is 17.2 Å². The Balaban J connectivity index is 1.11. The molecule has 0 unspecified atom stereocenters. The first kappa shape index (κ1) is 106. The Bertz CT molecular complexity index is 5340. The molecule has 736 valence electrons. The number of nitrogens with two attached hydrogens (primary N) is 3. The highest BCUT2D eigenvalue weighted by atomic mass is 32.2. The molecule has 136 heavy (non-hydrogen) atoms. The van der Waals surface area contributed by atoms with Crippen molar-refractivity contribution < 1.29 is 117 Å². The smallest absolute Gasteiger partial charge is 0.323 e. The molecule has 47 heteroatoms. The second-order valence-corrected chi connectivity index (χ2v) is 34.9. The topological polar surface area (TPSA) is 689 Å². The summed E-state index contributed by atoms with van der Waals surface area (Å²) in [6.45, 7) is 0.814. The SMILES string of the molecule is CCCC[C@H]1C(=O)N(C)[C@@H](CCCC)C(=O)N[C@@H](CN)C(=O)N[C@H](C(=O)NCC(N)=O)CSCC(=O)N[C@@H](Cc2ccc(O)cc2)C(=O)N(C)[C@@H](C)C(=O)N[C@H](CC(=O)O)C(=O)N2CCC[C@H]2C(=O)N[C@@H](Cc2c[nH]cn2)C(=O)N[C@@H](CCC(N)=O)C(=O)N2C[C@H](O)C[C@H]2C(=O)N[C@@H](Cc2c[nH]c3ccccc23)C(=O)N[C@@H](CO)C(=O)N[C@@H](Cc2cn(CC(=O)O)c3ccccc23)C(=O)N1C. The third-order valence-electron chi connectivity index (χ3n) is 24.0. The number of imidazole rings is 1. The molecule has 23 N–H and O–H groups in total. The Morgan fingerprint density at radius 3 is 1.77 bits per heavy atom. The summed E-state index contributed by atoms with van der Waals surface area (Å²) in [5.74, 6) is -21.7. The van der Waals surface area contributed by atoms with Crippen molar-refractivity contribution in [2.45, 2.75) is 221 Å². The number of H-pyrrole nitrogens is 2. The summed E-state index contributed by atoms with van der Waals surface area (Å²) in [5, 5.41) is 79.5. The van der Waals surface area contributed by atoms with Crippen LogP contribution in [0.15, 0.2) is 97.7 Å². The van der Waals surface area contributed by atoms with Crippen molar-refractivity contribution in [2.75, 3.05) is 65.4 Å². The summed E-state index contributed by atoms with van der Waals surface area (Å²) >= 11 is 0.720. The molecule has 6 aromatic rings. The van der Waals surface area contributed by atoms with Crippen LogP contribution in [0.1, 0.15) is 120 Å². The minimum Gasteiger partial charge on any atom is -0.508 e. The number of aromatic hydroxyl groups is 1. The maximum atomic E-state index is 15.8. The van der Waals surface area contributed by atoms with Gasteiger partial charge in [0.05, 0.1) is 43.5 Å². The zero-order valence-corrected chi connectivity index (χ0v) is 76.9. The van der Waals surface area contributed by atoms with Gasteiger partial charge in [-0.3, -0.25) is 91.1 Å². The van der Waals surface area contributed by atoms with Crippen LogP contribution in [0, 0.1) is 0 Å². The Hall–Kier alpha value is -14.1. The number of aliphatic hydroxyl groups is 2. The average molecular weight is 1910 g/mol. The van der Waals surface area contributed by atoms with Gasteiger partial charge in [0.25, 0.3) is 0 Å². The molecule has 6 heterocycles. The van der Waals surface area contributed by atoms with Crippen molar-refractivity contribution in [3.05, 3.63) is 120 Å². The highest BCUT2D eigenvalue weighted by Crippen LogP contribution is 2.29. The Morgan fingerprint density at radius 1 is 0.559 bits per heavy atom. The molecule has 0 radical (unpaired) electrons. The van der Waals surface area contributed by atoms with Crippen LogP contribution < -0.4 is 70.4 Å². The van der Waals surface area contributed by atoms with Gasteiger partial charge in [0.15, 0.2) is 0 Å². The van der Waals surface area contributed by atoms with Gasteiger partial charge in [-0.1, -0.05) is 88.1 Å². The third kappa shape index (κ3) is 28.5. The molecule has 3 aliphatic rings. The van der Waals surface area contributed by atoms with Crippen LogP contribution in [0.5, 0.6) is 5.75 Å². The van der Waals surface area contributed by atoms with Crippen molar-refractivity contribution in [3.63, 3.8) is 0 Å². The van der Waals surface area contributed by atoms with Crippen LogP contribution in [0.3, 0.4) is 0 Å². The highest BCUT2D eigenvalue weighted by Gasteiger charge is 2.47. The van der Waals surface area contributed by atoms with E-state index >= 15 is 33.6 Å². The summed E-state index contributed by atoms with van der Waals surface area (Å²) in [5.41, 5.74) is 19.4. The minimum atomic E-state index is -2.01. The van der Waals surface area contributed by atoms with Crippen LogP contribution in [-0.2, 0) is 123 Å². The minimum absolute atomic E-state index is 0.0679. The highest BCUT2D eigenvalue weighted by molar-refractivity contribution is 8.00. The summed E-state index contributed by atoms with van der Waals surface area (Å²) in [7, 11) is 3.71. The molecule has 3 saturated heterocycles. The maximum Gasteiger partial charge on any atom is 0.323 e. The van der Waals surface area contributed by atoms with E-state index in [1.54, 1.807) is 62.4 Å². The van der Waals surface area contributed by atoms with E-state index in [1.165, 1.54) is 74.8 Å². The number of hydrogen-bond donors (Lipinski definition) is 20. The Kier molecular flexibility index (Phi) is 38.6. The van der Waals surface area contributed by atoms with Crippen molar-refractivity contribution in [1.82, 2.24) is 97.2 Å². The van der Waals surface area contributed by atoms with E-state index < -0.39 is 292 Å². The molecule has 3 aromatic carbocycles. The van der Waals surface area contributed by atoms with Gasteiger partial charge in [0.1, 0.15) is 96.9 Å². The number of carboxylic acid groups (broad SMARTS) is 2. The molecule has 3 aromatic heterocycles. The summed E-state index contributed by atoms with van der Waals surface area (Å²) in [6.07, 6.45) is 0.995. The number of fused-ring (bicyclic) bond motifs is 4. The van der Waals surface area contributed by atoms with Gasteiger partial charge >= 0.3 is 11.9 Å². The molecule has 3 fully saturated rings. The number of benzene rings is 3. The second-order valence-electron chi connectivity index (χ2n) is 33.9. The fourth-order valence-corrected chi connectivity index (χ4v) is 17.4. The fraction of sp³-hybridized carbons (Fsp3) is 0.506. The maximum absolute atomic E-state index is 15.8. The molecule has 0 saturated carbocycles. The molecule has 0 aliphatic carbocycles. The van der Waals surface area contributed by atoms with Crippen LogP contribution in [0.25, 0.3) is 21.8 Å². The zero-order valence-electron chi connectivity index (χ0n) is 76.1. The van der Waals surface area contributed by atoms with Gasteiger partial charge in [-0.2, -0.15) is 0 Å². The van der Waals surface area contributed by atoms with Gasteiger partial charge in [-0.05, 0) is 80.0 Å². The molecule has 46 nitrogen and oxygen atoms in total.